The minimum Gasteiger partial charge on any atom is -0.356 e. The van der Waals surface area contributed by atoms with Crippen molar-refractivity contribution in [2.24, 2.45) is 0 Å². The van der Waals surface area contributed by atoms with Crippen LogP contribution in [0.25, 0.3) is 0 Å². The van der Waals surface area contributed by atoms with E-state index in [4.69, 9.17) is 0 Å². The number of nitrogens with zero attached hydrogens (tertiary/aromatic N) is 4. The second kappa shape index (κ2) is 5.48. The normalized spacial score (nSPS) is 19.4. The number of hydrogen-bond acceptors (Lipinski definition) is 5. The molecule has 0 amide bonds. The standard InChI is InChI=1S/C15H20N4S/c1-10-7-14(18-12(3)16-10)19-6-4-5-13(8-19)15-17-11(2)9-20-15/h7,9,13H,4-6,8H2,1-3H3. The first-order valence-corrected chi connectivity index (χ1v) is 7.99. The maximum atomic E-state index is 4.66. The number of aromatic nitrogens is 3. The first kappa shape index (κ1) is 13.5. The van der Waals surface area contributed by atoms with Gasteiger partial charge in [-0.1, -0.05) is 0 Å². The van der Waals surface area contributed by atoms with Crippen molar-refractivity contribution in [3.8, 4) is 0 Å². The first-order valence-electron chi connectivity index (χ1n) is 7.11. The molecule has 0 saturated carbocycles. The van der Waals surface area contributed by atoms with E-state index in [0.29, 0.717) is 5.92 Å². The summed E-state index contributed by atoms with van der Waals surface area (Å²) < 4.78 is 0. The molecule has 1 unspecified atom stereocenters. The minimum absolute atomic E-state index is 0.540. The van der Waals surface area contributed by atoms with Crippen LogP contribution in [0.3, 0.4) is 0 Å². The summed E-state index contributed by atoms with van der Waals surface area (Å²) in [5.74, 6) is 2.46. The van der Waals surface area contributed by atoms with E-state index in [2.05, 4.69) is 38.2 Å². The van der Waals surface area contributed by atoms with Crippen LogP contribution < -0.4 is 4.90 Å². The van der Waals surface area contributed by atoms with Crippen LogP contribution in [0.1, 0.15) is 41.0 Å². The molecule has 0 spiro atoms. The Balaban J connectivity index is 1.81. The van der Waals surface area contributed by atoms with E-state index in [9.17, 15) is 0 Å². The molecule has 1 atom stereocenters. The topological polar surface area (TPSA) is 41.9 Å². The van der Waals surface area contributed by atoms with Gasteiger partial charge < -0.3 is 4.90 Å². The molecule has 3 heterocycles. The molecule has 1 saturated heterocycles. The van der Waals surface area contributed by atoms with E-state index in [1.54, 1.807) is 11.3 Å². The lowest BCUT2D eigenvalue weighted by Crippen LogP contribution is -2.35. The number of hydrogen-bond donors (Lipinski definition) is 0. The molecular formula is C15H20N4S. The first-order chi connectivity index (χ1) is 9.61. The van der Waals surface area contributed by atoms with Crippen LogP contribution in [-0.4, -0.2) is 28.0 Å². The van der Waals surface area contributed by atoms with Crippen LogP contribution in [0.5, 0.6) is 0 Å². The van der Waals surface area contributed by atoms with Gasteiger partial charge in [-0.2, -0.15) is 0 Å². The summed E-state index contributed by atoms with van der Waals surface area (Å²) in [5, 5.41) is 3.42. The quantitative estimate of drug-likeness (QED) is 0.850. The van der Waals surface area contributed by atoms with Crippen LogP contribution in [0.15, 0.2) is 11.4 Å². The van der Waals surface area contributed by atoms with Gasteiger partial charge in [0.15, 0.2) is 0 Å². The Morgan fingerprint density at radius 2 is 2.00 bits per heavy atom. The fourth-order valence-corrected chi connectivity index (χ4v) is 3.73. The second-order valence-corrected chi connectivity index (χ2v) is 6.42. The number of thiazole rings is 1. The summed E-state index contributed by atoms with van der Waals surface area (Å²) >= 11 is 1.79. The Morgan fingerprint density at radius 3 is 2.70 bits per heavy atom. The average molecular weight is 288 g/mol. The molecule has 0 aliphatic carbocycles. The third kappa shape index (κ3) is 2.82. The molecule has 1 fully saturated rings. The molecule has 0 bridgehead atoms. The summed E-state index contributed by atoms with van der Waals surface area (Å²) in [7, 11) is 0. The van der Waals surface area contributed by atoms with E-state index >= 15 is 0 Å². The predicted molar refractivity (Wildman–Crippen MR) is 82.5 cm³/mol. The van der Waals surface area contributed by atoms with E-state index in [-0.39, 0.29) is 0 Å². The Morgan fingerprint density at radius 1 is 1.15 bits per heavy atom. The van der Waals surface area contributed by atoms with Gasteiger partial charge in [-0.25, -0.2) is 15.0 Å². The highest BCUT2D eigenvalue weighted by molar-refractivity contribution is 7.09. The van der Waals surface area contributed by atoms with E-state index < -0.39 is 0 Å². The smallest absolute Gasteiger partial charge is 0.132 e. The molecule has 5 heteroatoms. The number of piperidine rings is 1. The summed E-state index contributed by atoms with van der Waals surface area (Å²) in [4.78, 5) is 16.0. The molecule has 1 aliphatic heterocycles. The van der Waals surface area contributed by atoms with Crippen molar-refractivity contribution in [1.29, 1.82) is 0 Å². The molecule has 106 valence electrons. The fraction of sp³-hybridized carbons (Fsp3) is 0.533. The maximum absolute atomic E-state index is 4.66. The lowest BCUT2D eigenvalue weighted by atomic mass is 9.98. The van der Waals surface area contributed by atoms with Crippen LogP contribution in [0, 0.1) is 20.8 Å². The highest BCUT2D eigenvalue weighted by atomic mass is 32.1. The van der Waals surface area contributed by atoms with Gasteiger partial charge in [-0.15, -0.1) is 11.3 Å². The minimum atomic E-state index is 0.540. The van der Waals surface area contributed by atoms with Crippen molar-refractivity contribution >= 4 is 17.2 Å². The molecule has 0 N–H and O–H groups in total. The van der Waals surface area contributed by atoms with E-state index in [1.165, 1.54) is 17.8 Å². The lowest BCUT2D eigenvalue weighted by molar-refractivity contribution is 0.504. The maximum Gasteiger partial charge on any atom is 0.132 e. The van der Waals surface area contributed by atoms with Crippen molar-refractivity contribution in [3.63, 3.8) is 0 Å². The molecule has 3 rings (SSSR count). The monoisotopic (exact) mass is 288 g/mol. The number of anilines is 1. The largest absolute Gasteiger partial charge is 0.356 e. The summed E-state index contributed by atoms with van der Waals surface area (Å²) in [6.07, 6.45) is 2.43. The molecule has 0 aromatic carbocycles. The van der Waals surface area contributed by atoms with E-state index in [0.717, 1.165) is 36.1 Å². The highest BCUT2D eigenvalue weighted by Crippen LogP contribution is 2.31. The van der Waals surface area contributed by atoms with Crippen molar-refractivity contribution in [1.82, 2.24) is 15.0 Å². The van der Waals surface area contributed by atoms with Gasteiger partial charge in [0.25, 0.3) is 0 Å². The average Bonchev–Trinajstić information content (AvgIpc) is 2.85. The third-order valence-electron chi connectivity index (χ3n) is 3.68. The summed E-state index contributed by atoms with van der Waals surface area (Å²) in [6.45, 7) is 8.16. The number of aryl methyl sites for hydroxylation is 3. The van der Waals surface area contributed by atoms with Crippen LogP contribution >= 0.6 is 11.3 Å². The number of rotatable bonds is 2. The Hall–Kier alpha value is -1.49. The SMILES string of the molecule is Cc1cc(N2CCCC(c3nc(C)cs3)C2)nc(C)n1. The Bertz CT molecular complexity index is 587. The van der Waals surface area contributed by atoms with Gasteiger partial charge in [0.1, 0.15) is 11.6 Å². The third-order valence-corrected chi connectivity index (χ3v) is 4.81. The molecular weight excluding hydrogens is 268 g/mol. The summed E-state index contributed by atoms with van der Waals surface area (Å²) in [5.41, 5.74) is 2.18. The molecule has 4 nitrogen and oxygen atoms in total. The zero-order valence-corrected chi connectivity index (χ0v) is 13.1. The van der Waals surface area contributed by atoms with Gasteiger partial charge in [0.2, 0.25) is 0 Å². The Kier molecular flexibility index (Phi) is 3.70. The molecule has 20 heavy (non-hydrogen) atoms. The van der Waals surface area contributed by atoms with E-state index in [1.807, 2.05) is 13.8 Å². The van der Waals surface area contributed by atoms with Gasteiger partial charge >= 0.3 is 0 Å². The van der Waals surface area contributed by atoms with Gasteiger partial charge in [0.05, 0.1) is 5.01 Å². The van der Waals surface area contributed by atoms with Crippen molar-refractivity contribution in [3.05, 3.63) is 33.7 Å². The predicted octanol–water partition coefficient (Wildman–Crippen LogP) is 3.24. The van der Waals surface area contributed by atoms with Crippen molar-refractivity contribution in [2.75, 3.05) is 18.0 Å². The van der Waals surface area contributed by atoms with Gasteiger partial charge in [0, 0.05) is 41.8 Å². The Labute approximate surface area is 123 Å². The molecule has 0 radical (unpaired) electrons. The molecule has 2 aromatic rings. The highest BCUT2D eigenvalue weighted by Gasteiger charge is 2.24. The van der Waals surface area contributed by atoms with Gasteiger partial charge in [-0.05, 0) is 33.6 Å². The molecule has 2 aromatic heterocycles. The van der Waals surface area contributed by atoms with Crippen molar-refractivity contribution < 1.29 is 0 Å². The lowest BCUT2D eigenvalue weighted by Gasteiger charge is -2.32. The summed E-state index contributed by atoms with van der Waals surface area (Å²) in [6, 6.07) is 2.09. The van der Waals surface area contributed by atoms with Gasteiger partial charge in [-0.3, -0.25) is 0 Å². The van der Waals surface area contributed by atoms with Crippen molar-refractivity contribution in [2.45, 2.75) is 39.5 Å². The second-order valence-electron chi connectivity index (χ2n) is 5.53. The fourth-order valence-electron chi connectivity index (χ4n) is 2.81. The van der Waals surface area contributed by atoms with Crippen LogP contribution in [0.2, 0.25) is 0 Å². The van der Waals surface area contributed by atoms with Crippen LogP contribution in [0.4, 0.5) is 5.82 Å². The zero-order valence-electron chi connectivity index (χ0n) is 12.3. The molecule has 1 aliphatic rings. The van der Waals surface area contributed by atoms with Crippen LogP contribution in [-0.2, 0) is 0 Å². The zero-order chi connectivity index (χ0) is 14.1.